The lowest BCUT2D eigenvalue weighted by Gasteiger charge is -2.42. The van der Waals surface area contributed by atoms with Crippen LogP contribution in [0.5, 0.6) is 0 Å². The summed E-state index contributed by atoms with van der Waals surface area (Å²) in [5, 5.41) is 2.03. The molecule has 3 amide bonds. The Morgan fingerprint density at radius 1 is 0.950 bits per heavy atom. The molecule has 0 saturated carbocycles. The van der Waals surface area contributed by atoms with Crippen molar-refractivity contribution in [2.24, 2.45) is 0 Å². The van der Waals surface area contributed by atoms with Gasteiger partial charge >= 0.3 is 12.1 Å². The van der Waals surface area contributed by atoms with Gasteiger partial charge in [-0.25, -0.2) is 14.6 Å². The van der Waals surface area contributed by atoms with Crippen molar-refractivity contribution in [3.63, 3.8) is 0 Å². The number of fused-ring (bicyclic) bond motifs is 1. The van der Waals surface area contributed by atoms with Crippen LogP contribution in [0.3, 0.4) is 0 Å². The summed E-state index contributed by atoms with van der Waals surface area (Å²) in [6.07, 6.45) is 6.71. The molecule has 0 bridgehead atoms. The van der Waals surface area contributed by atoms with Crippen LogP contribution in [0.25, 0.3) is 10.8 Å². The van der Waals surface area contributed by atoms with Gasteiger partial charge in [0.2, 0.25) is 0 Å². The molecule has 0 N–H and O–H groups in total. The Morgan fingerprint density at radius 3 is 2.42 bits per heavy atom. The minimum atomic E-state index is -0.578. The monoisotopic (exact) mass is 543 g/mol. The standard InChI is InChI=1S/C32H41N5O3/c1-22-8-6-9-25-11-16-34-29(28(22)25)37(27-10-7-17-36(21-27)31(39)40-32(3,4)5)30(38)35-18-13-24(14-19-35)26-12-15-33-23(2)20-26/h6,8-9,11-12,15-16,20,24,27H,7,10,13-14,17-19,21H2,1-5H3/t27-/m1/s1. The van der Waals surface area contributed by atoms with Crippen LogP contribution in [-0.4, -0.2) is 69.7 Å². The fourth-order valence-electron chi connectivity index (χ4n) is 6.03. The lowest BCUT2D eigenvalue weighted by molar-refractivity contribution is 0.0197. The molecule has 1 aromatic carbocycles. The molecule has 2 aliphatic heterocycles. The quantitative estimate of drug-likeness (QED) is 0.379. The van der Waals surface area contributed by atoms with E-state index in [9.17, 15) is 9.59 Å². The van der Waals surface area contributed by atoms with E-state index in [0.717, 1.165) is 47.7 Å². The average molecular weight is 544 g/mol. The summed E-state index contributed by atoms with van der Waals surface area (Å²) in [6, 6.07) is 12.2. The van der Waals surface area contributed by atoms with E-state index in [1.54, 1.807) is 11.1 Å². The van der Waals surface area contributed by atoms with E-state index in [1.807, 2.05) is 55.8 Å². The number of carbonyl (C=O) groups excluding carboxylic acids is 2. The maximum absolute atomic E-state index is 14.4. The fourth-order valence-corrected chi connectivity index (χ4v) is 6.03. The van der Waals surface area contributed by atoms with Gasteiger partial charge in [0, 0.05) is 49.7 Å². The molecule has 0 radical (unpaired) electrons. The Balaban J connectivity index is 1.44. The summed E-state index contributed by atoms with van der Waals surface area (Å²) in [4.78, 5) is 42.2. The molecule has 2 saturated heterocycles. The lowest BCUT2D eigenvalue weighted by Crippen LogP contribution is -2.56. The molecular formula is C32H41N5O3. The number of rotatable bonds is 3. The number of piperidine rings is 2. The SMILES string of the molecule is Cc1cc(C2CCN(C(=O)N(c3nccc4cccc(C)c34)[C@@H]3CCCN(C(=O)OC(C)(C)C)C3)CC2)ccn1. The third kappa shape index (κ3) is 6.06. The molecule has 1 atom stereocenters. The van der Waals surface area contributed by atoms with Gasteiger partial charge in [-0.3, -0.25) is 9.88 Å². The summed E-state index contributed by atoms with van der Waals surface area (Å²) in [7, 11) is 0. The number of aryl methyl sites for hydroxylation is 2. The molecule has 2 fully saturated rings. The Hall–Kier alpha value is -3.68. The summed E-state index contributed by atoms with van der Waals surface area (Å²) >= 11 is 0. The van der Waals surface area contributed by atoms with Gasteiger partial charge in [-0.2, -0.15) is 0 Å². The highest BCUT2D eigenvalue weighted by Crippen LogP contribution is 2.34. The highest BCUT2D eigenvalue weighted by Gasteiger charge is 2.37. The van der Waals surface area contributed by atoms with E-state index >= 15 is 0 Å². The molecule has 2 aliphatic rings. The van der Waals surface area contributed by atoms with Crippen molar-refractivity contribution < 1.29 is 14.3 Å². The van der Waals surface area contributed by atoms with Crippen LogP contribution in [0, 0.1) is 13.8 Å². The number of aromatic nitrogens is 2. The van der Waals surface area contributed by atoms with Crippen LogP contribution < -0.4 is 4.90 Å². The first kappa shape index (κ1) is 27.9. The van der Waals surface area contributed by atoms with Crippen molar-refractivity contribution in [3.8, 4) is 0 Å². The molecule has 5 rings (SSSR count). The summed E-state index contributed by atoms with van der Waals surface area (Å²) in [6.45, 7) is 12.1. The van der Waals surface area contributed by atoms with E-state index in [2.05, 4.69) is 36.2 Å². The molecular weight excluding hydrogens is 502 g/mol. The zero-order valence-corrected chi connectivity index (χ0v) is 24.4. The largest absolute Gasteiger partial charge is 0.444 e. The molecule has 212 valence electrons. The molecule has 0 unspecified atom stereocenters. The van der Waals surface area contributed by atoms with Crippen molar-refractivity contribution in [2.75, 3.05) is 31.1 Å². The second-order valence-corrected chi connectivity index (χ2v) is 12.2. The zero-order chi connectivity index (χ0) is 28.4. The number of hydrogen-bond donors (Lipinski definition) is 0. The van der Waals surface area contributed by atoms with E-state index in [-0.39, 0.29) is 18.2 Å². The first-order valence-corrected chi connectivity index (χ1v) is 14.4. The van der Waals surface area contributed by atoms with E-state index in [1.165, 1.54) is 5.56 Å². The number of hydrogen-bond acceptors (Lipinski definition) is 5. The molecule has 2 aromatic heterocycles. The number of carbonyl (C=O) groups is 2. The molecule has 8 nitrogen and oxygen atoms in total. The predicted octanol–water partition coefficient (Wildman–Crippen LogP) is 6.45. The van der Waals surface area contributed by atoms with E-state index in [4.69, 9.17) is 9.72 Å². The van der Waals surface area contributed by atoms with Crippen molar-refractivity contribution in [3.05, 3.63) is 65.6 Å². The topological polar surface area (TPSA) is 78.9 Å². The maximum atomic E-state index is 14.4. The first-order valence-electron chi connectivity index (χ1n) is 14.4. The highest BCUT2D eigenvalue weighted by molar-refractivity contribution is 6.03. The van der Waals surface area contributed by atoms with Crippen LogP contribution >= 0.6 is 0 Å². The first-order chi connectivity index (χ1) is 19.1. The number of nitrogens with zero attached hydrogens (tertiary/aromatic N) is 5. The number of benzene rings is 1. The molecule has 8 heteroatoms. The van der Waals surface area contributed by atoms with Crippen LogP contribution in [0.2, 0.25) is 0 Å². The Kier molecular flexibility index (Phi) is 7.97. The number of likely N-dealkylation sites (tertiary alicyclic amines) is 2. The lowest BCUT2D eigenvalue weighted by atomic mass is 9.89. The average Bonchev–Trinajstić information content (AvgIpc) is 2.93. The molecule has 0 spiro atoms. The fraction of sp³-hybridized carbons (Fsp3) is 0.500. The van der Waals surface area contributed by atoms with Gasteiger partial charge in [0.25, 0.3) is 0 Å². The summed E-state index contributed by atoms with van der Waals surface area (Å²) < 4.78 is 5.69. The van der Waals surface area contributed by atoms with E-state index < -0.39 is 5.60 Å². The van der Waals surface area contributed by atoms with Gasteiger partial charge in [-0.15, -0.1) is 0 Å². The number of amides is 3. The predicted molar refractivity (Wildman–Crippen MR) is 158 cm³/mol. The Bertz CT molecular complexity index is 1370. The summed E-state index contributed by atoms with van der Waals surface area (Å²) in [5.74, 6) is 1.08. The van der Waals surface area contributed by atoms with Crippen LogP contribution in [0.1, 0.15) is 69.2 Å². The summed E-state index contributed by atoms with van der Waals surface area (Å²) in [5.41, 5.74) is 2.81. The highest BCUT2D eigenvalue weighted by atomic mass is 16.6. The van der Waals surface area contributed by atoms with E-state index in [0.29, 0.717) is 37.9 Å². The van der Waals surface area contributed by atoms with Crippen LogP contribution in [0.15, 0.2) is 48.8 Å². The third-order valence-electron chi connectivity index (χ3n) is 7.98. The number of ether oxygens (including phenoxy) is 1. The normalized spacial score (nSPS) is 18.6. The Labute approximate surface area is 237 Å². The number of urea groups is 1. The molecule has 4 heterocycles. The second-order valence-electron chi connectivity index (χ2n) is 12.2. The van der Waals surface area contributed by atoms with Crippen molar-refractivity contribution in [1.82, 2.24) is 19.8 Å². The zero-order valence-electron chi connectivity index (χ0n) is 24.4. The Morgan fingerprint density at radius 2 is 1.70 bits per heavy atom. The van der Waals surface area contributed by atoms with Gasteiger partial charge in [0.05, 0.1) is 6.04 Å². The van der Waals surface area contributed by atoms with Gasteiger partial charge in [-0.1, -0.05) is 18.2 Å². The van der Waals surface area contributed by atoms with Gasteiger partial charge < -0.3 is 14.5 Å². The molecule has 0 aliphatic carbocycles. The van der Waals surface area contributed by atoms with Crippen LogP contribution in [-0.2, 0) is 4.74 Å². The van der Waals surface area contributed by atoms with Gasteiger partial charge in [-0.05, 0) is 101 Å². The smallest absolute Gasteiger partial charge is 0.410 e. The number of anilines is 1. The number of pyridine rings is 2. The molecule has 3 aromatic rings. The second kappa shape index (κ2) is 11.4. The third-order valence-corrected chi connectivity index (χ3v) is 7.98. The van der Waals surface area contributed by atoms with Gasteiger partial charge in [0.15, 0.2) is 0 Å². The minimum Gasteiger partial charge on any atom is -0.444 e. The molecule has 40 heavy (non-hydrogen) atoms. The maximum Gasteiger partial charge on any atom is 0.410 e. The van der Waals surface area contributed by atoms with Crippen molar-refractivity contribution >= 4 is 28.7 Å². The van der Waals surface area contributed by atoms with Crippen LogP contribution in [0.4, 0.5) is 15.4 Å². The van der Waals surface area contributed by atoms with Crippen molar-refractivity contribution in [1.29, 1.82) is 0 Å². The van der Waals surface area contributed by atoms with Crippen molar-refractivity contribution in [2.45, 2.75) is 77.9 Å². The minimum absolute atomic E-state index is 0.0383. The van der Waals surface area contributed by atoms with Gasteiger partial charge in [0.1, 0.15) is 11.4 Å².